The number of hydrogen-bond acceptors (Lipinski definition) is 7. The van der Waals surface area contributed by atoms with Gasteiger partial charge in [0, 0.05) is 24.2 Å². The van der Waals surface area contributed by atoms with Gasteiger partial charge in [-0.25, -0.2) is 23.1 Å². The summed E-state index contributed by atoms with van der Waals surface area (Å²) in [5.74, 6) is -2.26. The highest BCUT2D eigenvalue weighted by Gasteiger charge is 2.15. The number of carboxylic acids is 1. The second kappa shape index (κ2) is 7.33. The second-order valence-electron chi connectivity index (χ2n) is 4.34. The summed E-state index contributed by atoms with van der Waals surface area (Å²) in [5.41, 5.74) is 0.290. The minimum Gasteiger partial charge on any atom is -0.545 e. The fourth-order valence-corrected chi connectivity index (χ4v) is 2.53. The zero-order valence-corrected chi connectivity index (χ0v) is 12.9. The van der Waals surface area contributed by atoms with E-state index in [0.29, 0.717) is 6.08 Å². The minimum atomic E-state index is -3.87. The molecule has 2 N–H and O–H groups in total. The van der Waals surface area contributed by atoms with Gasteiger partial charge in [0.15, 0.2) is 0 Å². The molecule has 0 fully saturated rings. The Bertz CT molecular complexity index is 864. The molecule has 0 unspecified atom stereocenters. The maximum absolute atomic E-state index is 12.2. The molecule has 124 valence electrons. The summed E-state index contributed by atoms with van der Waals surface area (Å²) in [6.45, 7) is 0. The van der Waals surface area contributed by atoms with Crippen LogP contribution in [0.1, 0.15) is 0 Å². The molecule has 0 aliphatic heterocycles. The number of nitrogens with zero attached hydrogens (tertiary/aromatic N) is 2. The fraction of sp³-hybridized carbons (Fsp3) is 0. The quantitative estimate of drug-likeness (QED) is 0.672. The number of amides is 1. The lowest BCUT2D eigenvalue weighted by Crippen LogP contribution is -2.20. The molecule has 2 rings (SSSR count). The first-order valence-corrected chi connectivity index (χ1v) is 7.95. The van der Waals surface area contributed by atoms with Gasteiger partial charge in [-0.15, -0.1) is 0 Å². The molecule has 0 saturated carbocycles. The lowest BCUT2D eigenvalue weighted by atomic mass is 10.3. The minimum absolute atomic E-state index is 0.0572. The van der Waals surface area contributed by atoms with Crippen LogP contribution in [-0.4, -0.2) is 30.3 Å². The lowest BCUT2D eigenvalue weighted by molar-refractivity contribution is -0.297. The van der Waals surface area contributed by atoms with Crippen LogP contribution in [0.4, 0.5) is 11.6 Å². The van der Waals surface area contributed by atoms with Crippen LogP contribution in [0.3, 0.4) is 0 Å². The Morgan fingerprint density at radius 1 is 1.04 bits per heavy atom. The van der Waals surface area contributed by atoms with E-state index in [2.05, 4.69) is 20.0 Å². The molecule has 0 saturated heterocycles. The summed E-state index contributed by atoms with van der Waals surface area (Å²) in [6.07, 6.45) is 4.15. The standard InChI is InChI=1S/C14H12N4O5S/c19-12(6-7-13(20)21)17-10-2-4-11(5-3-10)24(22,23)18-14-15-8-1-9-16-14/h1-9H,(H,17,19)(H,20,21)(H,15,16,18)/p-1. The zero-order valence-electron chi connectivity index (χ0n) is 12.0. The summed E-state index contributed by atoms with van der Waals surface area (Å²) >= 11 is 0. The SMILES string of the molecule is O=C([O-])C=CC(=O)Nc1ccc(S(=O)(=O)Nc2ncccn2)cc1. The van der Waals surface area contributed by atoms with Crippen molar-refractivity contribution in [3.8, 4) is 0 Å². The maximum atomic E-state index is 12.2. The van der Waals surface area contributed by atoms with Crippen LogP contribution < -0.4 is 15.1 Å². The largest absolute Gasteiger partial charge is 0.545 e. The number of nitrogens with one attached hydrogen (secondary N) is 2. The first kappa shape index (κ1) is 17.1. The van der Waals surface area contributed by atoms with Crippen molar-refractivity contribution in [2.45, 2.75) is 4.90 Å². The second-order valence-corrected chi connectivity index (χ2v) is 6.03. The van der Waals surface area contributed by atoms with Gasteiger partial charge in [0.1, 0.15) is 0 Å². The number of sulfonamides is 1. The van der Waals surface area contributed by atoms with Gasteiger partial charge in [-0.3, -0.25) is 4.79 Å². The van der Waals surface area contributed by atoms with E-state index in [1.165, 1.54) is 36.7 Å². The van der Waals surface area contributed by atoms with Crippen LogP contribution in [0.2, 0.25) is 0 Å². The van der Waals surface area contributed by atoms with Gasteiger partial charge in [-0.1, -0.05) is 0 Å². The molecule has 1 amide bonds. The van der Waals surface area contributed by atoms with Crippen molar-refractivity contribution < 1.29 is 23.1 Å². The molecule has 0 spiro atoms. The first-order chi connectivity index (χ1) is 11.4. The highest BCUT2D eigenvalue weighted by Crippen LogP contribution is 2.16. The summed E-state index contributed by atoms with van der Waals surface area (Å²) in [6, 6.07) is 6.78. The smallest absolute Gasteiger partial charge is 0.264 e. The van der Waals surface area contributed by atoms with E-state index in [1.54, 1.807) is 6.07 Å². The van der Waals surface area contributed by atoms with E-state index >= 15 is 0 Å². The molecule has 24 heavy (non-hydrogen) atoms. The summed E-state index contributed by atoms with van der Waals surface area (Å²) in [5, 5.41) is 12.6. The van der Waals surface area contributed by atoms with Gasteiger partial charge in [0.05, 0.1) is 10.9 Å². The maximum Gasteiger partial charge on any atom is 0.264 e. The highest BCUT2D eigenvalue weighted by molar-refractivity contribution is 7.92. The third-order valence-corrected chi connectivity index (χ3v) is 3.94. The van der Waals surface area contributed by atoms with Crippen molar-refractivity contribution in [1.82, 2.24) is 9.97 Å². The van der Waals surface area contributed by atoms with Crippen LogP contribution in [0.5, 0.6) is 0 Å². The molecule has 1 heterocycles. The van der Waals surface area contributed by atoms with Gasteiger partial charge in [0.2, 0.25) is 11.9 Å². The van der Waals surface area contributed by atoms with E-state index in [0.717, 1.165) is 6.08 Å². The van der Waals surface area contributed by atoms with Crippen molar-refractivity contribution in [2.75, 3.05) is 10.0 Å². The van der Waals surface area contributed by atoms with Crippen molar-refractivity contribution >= 4 is 33.5 Å². The van der Waals surface area contributed by atoms with Gasteiger partial charge >= 0.3 is 0 Å². The number of benzene rings is 1. The average molecular weight is 347 g/mol. The molecule has 0 aliphatic rings. The van der Waals surface area contributed by atoms with Crippen LogP contribution in [0, 0.1) is 0 Å². The molecule has 1 aromatic heterocycles. The van der Waals surface area contributed by atoms with Crippen LogP contribution >= 0.6 is 0 Å². The third kappa shape index (κ3) is 4.88. The monoisotopic (exact) mass is 347 g/mol. The first-order valence-electron chi connectivity index (χ1n) is 6.47. The van der Waals surface area contributed by atoms with E-state index in [-0.39, 0.29) is 16.5 Å². The molecular weight excluding hydrogens is 336 g/mol. The Balaban J connectivity index is 2.08. The lowest BCUT2D eigenvalue weighted by Gasteiger charge is -2.07. The highest BCUT2D eigenvalue weighted by atomic mass is 32.2. The average Bonchev–Trinajstić information content (AvgIpc) is 2.54. The van der Waals surface area contributed by atoms with Crippen LogP contribution in [0.15, 0.2) is 59.8 Å². The number of anilines is 2. The zero-order chi connectivity index (χ0) is 17.6. The molecule has 0 radical (unpaired) electrons. The van der Waals surface area contributed by atoms with Crippen molar-refractivity contribution in [1.29, 1.82) is 0 Å². The molecule has 0 bridgehead atoms. The van der Waals surface area contributed by atoms with Crippen molar-refractivity contribution in [2.24, 2.45) is 0 Å². The Labute approximate surface area is 137 Å². The van der Waals surface area contributed by atoms with Crippen LogP contribution in [-0.2, 0) is 19.6 Å². The van der Waals surface area contributed by atoms with Gasteiger partial charge < -0.3 is 15.2 Å². The molecule has 10 heteroatoms. The normalized spacial score (nSPS) is 11.2. The topological polar surface area (TPSA) is 141 Å². The Morgan fingerprint density at radius 3 is 2.25 bits per heavy atom. The van der Waals surface area contributed by atoms with E-state index in [1.807, 2.05) is 0 Å². The number of carbonyl (C=O) groups excluding carboxylic acids is 2. The predicted molar refractivity (Wildman–Crippen MR) is 82.1 cm³/mol. The van der Waals surface area contributed by atoms with Gasteiger partial charge in [0.25, 0.3) is 10.0 Å². The number of carboxylic acid groups (broad SMARTS) is 1. The molecule has 0 atom stereocenters. The van der Waals surface area contributed by atoms with E-state index in [4.69, 9.17) is 0 Å². The van der Waals surface area contributed by atoms with E-state index in [9.17, 15) is 23.1 Å². The van der Waals surface area contributed by atoms with Crippen LogP contribution in [0.25, 0.3) is 0 Å². The Kier molecular flexibility index (Phi) is 5.22. The Hall–Kier alpha value is -3.27. The van der Waals surface area contributed by atoms with Crippen molar-refractivity contribution in [3.05, 3.63) is 54.9 Å². The van der Waals surface area contributed by atoms with Gasteiger partial charge in [-0.05, 0) is 36.4 Å². The molecule has 2 aromatic rings. The van der Waals surface area contributed by atoms with Crippen molar-refractivity contribution in [3.63, 3.8) is 0 Å². The Morgan fingerprint density at radius 2 is 1.67 bits per heavy atom. The number of hydrogen-bond donors (Lipinski definition) is 2. The summed E-state index contributed by atoms with van der Waals surface area (Å²) in [7, 11) is -3.87. The molecular formula is C14H11N4O5S-. The molecule has 1 aromatic carbocycles. The number of rotatable bonds is 6. The number of carbonyl (C=O) groups is 2. The molecule has 0 aliphatic carbocycles. The molecule has 9 nitrogen and oxygen atoms in total. The fourth-order valence-electron chi connectivity index (χ4n) is 1.58. The predicted octanol–water partition coefficient (Wildman–Crippen LogP) is -0.478. The van der Waals surface area contributed by atoms with E-state index < -0.39 is 21.9 Å². The van der Waals surface area contributed by atoms with Gasteiger partial charge in [-0.2, -0.15) is 0 Å². The summed E-state index contributed by atoms with van der Waals surface area (Å²) in [4.78, 5) is 29.1. The number of aliphatic carboxylic acids is 1. The third-order valence-electron chi connectivity index (χ3n) is 2.59. The number of aromatic nitrogens is 2. The summed E-state index contributed by atoms with van der Waals surface area (Å²) < 4.78 is 26.5.